The predicted molar refractivity (Wildman–Crippen MR) is 86.2 cm³/mol. The Morgan fingerprint density at radius 1 is 1.36 bits per heavy atom. The van der Waals surface area contributed by atoms with Crippen molar-refractivity contribution in [3.05, 3.63) is 17.3 Å². The van der Waals surface area contributed by atoms with E-state index in [1.54, 1.807) is 11.3 Å². The van der Waals surface area contributed by atoms with Crippen LogP contribution in [0.1, 0.15) is 38.4 Å². The van der Waals surface area contributed by atoms with E-state index in [0.29, 0.717) is 12.4 Å². The van der Waals surface area contributed by atoms with Crippen molar-refractivity contribution in [1.82, 2.24) is 9.97 Å². The van der Waals surface area contributed by atoms with Gasteiger partial charge in [0.15, 0.2) is 5.79 Å². The van der Waals surface area contributed by atoms with Crippen LogP contribution in [0.2, 0.25) is 0 Å². The van der Waals surface area contributed by atoms with Crippen LogP contribution >= 0.6 is 11.3 Å². The van der Waals surface area contributed by atoms with E-state index in [0.717, 1.165) is 28.6 Å². The lowest BCUT2D eigenvalue weighted by molar-refractivity contribution is -0.127. The predicted octanol–water partition coefficient (Wildman–Crippen LogP) is 1.16. The van der Waals surface area contributed by atoms with Crippen molar-refractivity contribution >= 4 is 27.4 Å². The Morgan fingerprint density at radius 3 is 2.64 bits per heavy atom. The molecule has 2 aromatic heterocycles. The minimum absolute atomic E-state index is 0.103. The largest absolute Gasteiger partial charge is 0.382 e. The minimum Gasteiger partial charge on any atom is -0.382 e. The zero-order valence-electron chi connectivity index (χ0n) is 12.7. The van der Waals surface area contributed by atoms with Crippen LogP contribution in [-0.4, -0.2) is 38.6 Å². The first-order valence-corrected chi connectivity index (χ1v) is 7.95. The quantitative estimate of drug-likeness (QED) is 0.610. The topological polar surface area (TPSA) is 128 Å². The van der Waals surface area contributed by atoms with Crippen LogP contribution in [0.4, 0.5) is 5.82 Å². The van der Waals surface area contributed by atoms with Gasteiger partial charge in [-0.05, 0) is 32.1 Å². The molecule has 3 heterocycles. The maximum atomic E-state index is 8.08. The number of hydrogen-bond donors (Lipinski definition) is 4. The number of ether oxygens (including phenoxy) is 1. The van der Waals surface area contributed by atoms with Crippen molar-refractivity contribution < 1.29 is 14.9 Å². The lowest BCUT2D eigenvalue weighted by atomic mass is 10.1. The van der Waals surface area contributed by atoms with Gasteiger partial charge in [0.05, 0.1) is 22.4 Å². The Hall–Kier alpha value is -1.32. The molecule has 0 aromatic carbocycles. The second-order valence-electron chi connectivity index (χ2n) is 5.68. The van der Waals surface area contributed by atoms with Crippen LogP contribution in [0.3, 0.4) is 0 Å². The SMILES string of the molecule is CC(C)(O)O.NCC1CCC(c2csc3c(N)ncnc23)O1. The molecule has 3 rings (SSSR count). The van der Waals surface area contributed by atoms with Gasteiger partial charge in [-0.1, -0.05) is 0 Å². The number of thiophene rings is 1. The first kappa shape index (κ1) is 17.0. The fourth-order valence-corrected chi connectivity index (χ4v) is 3.19. The van der Waals surface area contributed by atoms with Gasteiger partial charge in [-0.15, -0.1) is 11.3 Å². The van der Waals surface area contributed by atoms with Gasteiger partial charge in [0, 0.05) is 12.1 Å². The van der Waals surface area contributed by atoms with E-state index < -0.39 is 5.79 Å². The second kappa shape index (κ2) is 6.84. The van der Waals surface area contributed by atoms with Crippen LogP contribution in [0.15, 0.2) is 11.7 Å². The molecule has 2 unspecified atom stereocenters. The summed E-state index contributed by atoms with van der Waals surface area (Å²) in [6, 6.07) is 0. The van der Waals surface area contributed by atoms with E-state index in [4.69, 9.17) is 26.4 Å². The van der Waals surface area contributed by atoms with Crippen LogP contribution in [0.25, 0.3) is 10.2 Å². The summed E-state index contributed by atoms with van der Waals surface area (Å²) >= 11 is 1.57. The Morgan fingerprint density at radius 2 is 2.05 bits per heavy atom. The van der Waals surface area contributed by atoms with Crippen molar-refractivity contribution in [1.29, 1.82) is 0 Å². The highest BCUT2D eigenvalue weighted by Crippen LogP contribution is 2.39. The lowest BCUT2D eigenvalue weighted by Crippen LogP contribution is -2.18. The van der Waals surface area contributed by atoms with Crippen molar-refractivity contribution in [2.24, 2.45) is 5.73 Å². The number of nitrogens with two attached hydrogens (primary N) is 2. The number of hydrogen-bond acceptors (Lipinski definition) is 8. The fourth-order valence-electron chi connectivity index (χ4n) is 2.22. The van der Waals surface area contributed by atoms with Gasteiger partial charge in [0.2, 0.25) is 0 Å². The molecule has 0 saturated carbocycles. The van der Waals surface area contributed by atoms with E-state index >= 15 is 0 Å². The Balaban J connectivity index is 0.000000309. The molecule has 2 atom stereocenters. The highest BCUT2D eigenvalue weighted by molar-refractivity contribution is 7.17. The number of aliphatic hydroxyl groups is 2. The normalized spacial score (nSPS) is 21.7. The summed E-state index contributed by atoms with van der Waals surface area (Å²) in [5, 5.41) is 18.2. The molecule has 6 N–H and O–H groups in total. The highest BCUT2D eigenvalue weighted by Gasteiger charge is 2.28. The van der Waals surface area contributed by atoms with Crippen LogP contribution in [-0.2, 0) is 4.74 Å². The molecular weight excluding hydrogens is 304 g/mol. The number of nitrogens with zero attached hydrogens (tertiary/aromatic N) is 2. The first-order chi connectivity index (χ1) is 10.3. The molecule has 1 saturated heterocycles. The van der Waals surface area contributed by atoms with E-state index in [1.807, 2.05) is 0 Å². The van der Waals surface area contributed by atoms with Crippen LogP contribution < -0.4 is 11.5 Å². The van der Waals surface area contributed by atoms with Gasteiger partial charge >= 0.3 is 0 Å². The summed E-state index contributed by atoms with van der Waals surface area (Å²) in [6.45, 7) is 3.18. The molecular formula is C14H22N4O3S. The van der Waals surface area contributed by atoms with Crippen molar-refractivity contribution in [2.75, 3.05) is 12.3 Å². The summed E-state index contributed by atoms with van der Waals surface area (Å²) in [4.78, 5) is 8.30. The standard InChI is InChI=1S/C11H14N4OS.C3H8O2/c12-3-6-1-2-8(16-6)7-4-17-10-9(7)14-5-15-11(10)13;1-3(2,4)5/h4-6,8H,1-3,12H2,(H2,13,14,15);4-5H,1-2H3. The third-order valence-electron chi connectivity index (χ3n) is 3.13. The average Bonchev–Trinajstić information content (AvgIpc) is 3.02. The van der Waals surface area contributed by atoms with Crippen LogP contribution in [0.5, 0.6) is 0 Å². The zero-order valence-corrected chi connectivity index (χ0v) is 13.5. The summed E-state index contributed by atoms with van der Waals surface area (Å²) < 4.78 is 6.83. The van der Waals surface area contributed by atoms with Crippen molar-refractivity contribution in [2.45, 2.75) is 44.7 Å². The monoisotopic (exact) mass is 326 g/mol. The molecule has 0 radical (unpaired) electrons. The minimum atomic E-state index is -1.50. The molecule has 1 aliphatic heterocycles. The molecule has 7 nitrogen and oxygen atoms in total. The average molecular weight is 326 g/mol. The van der Waals surface area contributed by atoms with E-state index in [9.17, 15) is 0 Å². The highest BCUT2D eigenvalue weighted by atomic mass is 32.1. The molecule has 0 spiro atoms. The van der Waals surface area contributed by atoms with Gasteiger partial charge < -0.3 is 26.4 Å². The third kappa shape index (κ3) is 4.34. The maximum absolute atomic E-state index is 8.08. The molecule has 0 amide bonds. The number of aromatic nitrogens is 2. The molecule has 2 aromatic rings. The van der Waals surface area contributed by atoms with E-state index in [2.05, 4.69) is 15.3 Å². The third-order valence-corrected chi connectivity index (χ3v) is 4.14. The van der Waals surface area contributed by atoms with E-state index in [1.165, 1.54) is 20.2 Å². The van der Waals surface area contributed by atoms with E-state index in [-0.39, 0.29) is 12.2 Å². The van der Waals surface area contributed by atoms with Crippen molar-refractivity contribution in [3.63, 3.8) is 0 Å². The molecule has 8 heteroatoms. The molecule has 1 aliphatic rings. The number of rotatable bonds is 2. The van der Waals surface area contributed by atoms with Crippen molar-refractivity contribution in [3.8, 4) is 0 Å². The Bertz CT molecular complexity index is 620. The number of fused-ring (bicyclic) bond motifs is 1. The number of anilines is 1. The zero-order chi connectivity index (χ0) is 16.3. The Labute approximate surface area is 132 Å². The molecule has 0 aliphatic carbocycles. The summed E-state index contributed by atoms with van der Waals surface area (Å²) in [6.07, 6.45) is 3.79. The fraction of sp³-hybridized carbons (Fsp3) is 0.571. The smallest absolute Gasteiger partial charge is 0.156 e. The summed E-state index contributed by atoms with van der Waals surface area (Å²) in [5.41, 5.74) is 13.5. The summed E-state index contributed by atoms with van der Waals surface area (Å²) in [7, 11) is 0. The molecule has 1 fully saturated rings. The Kier molecular flexibility index (Phi) is 5.30. The van der Waals surface area contributed by atoms with Gasteiger partial charge in [-0.3, -0.25) is 0 Å². The molecule has 22 heavy (non-hydrogen) atoms. The van der Waals surface area contributed by atoms with Crippen LogP contribution in [0, 0.1) is 0 Å². The van der Waals surface area contributed by atoms with Gasteiger partial charge in [0.25, 0.3) is 0 Å². The van der Waals surface area contributed by atoms with Gasteiger partial charge in [-0.2, -0.15) is 0 Å². The first-order valence-electron chi connectivity index (χ1n) is 7.07. The molecule has 122 valence electrons. The lowest BCUT2D eigenvalue weighted by Gasteiger charge is -2.11. The molecule has 0 bridgehead atoms. The number of nitrogen functional groups attached to an aromatic ring is 1. The second-order valence-corrected chi connectivity index (χ2v) is 6.56. The maximum Gasteiger partial charge on any atom is 0.156 e. The van der Waals surface area contributed by atoms with Gasteiger partial charge in [0.1, 0.15) is 12.1 Å². The van der Waals surface area contributed by atoms with Gasteiger partial charge in [-0.25, -0.2) is 9.97 Å². The summed E-state index contributed by atoms with van der Waals surface area (Å²) in [5.74, 6) is -0.959.